The van der Waals surface area contributed by atoms with Gasteiger partial charge in [-0.15, -0.1) is 0 Å². The average molecular weight is 218 g/mol. The molecule has 15 heavy (non-hydrogen) atoms. The van der Waals surface area contributed by atoms with Crippen LogP contribution in [0.2, 0.25) is 0 Å². The highest BCUT2D eigenvalue weighted by Crippen LogP contribution is 2.30. The third-order valence-corrected chi connectivity index (χ3v) is 1.55. The third-order valence-electron chi connectivity index (χ3n) is 1.55. The van der Waals surface area contributed by atoms with Crippen LogP contribution in [0.25, 0.3) is 0 Å². The fourth-order valence-electron chi connectivity index (χ4n) is 0.998. The SMILES string of the molecule is NCCOc1cc(F)cc(F)c1[N+](=O)[O-]. The van der Waals surface area contributed by atoms with Gasteiger partial charge in [-0.2, -0.15) is 4.39 Å². The summed E-state index contributed by atoms with van der Waals surface area (Å²) in [7, 11) is 0. The van der Waals surface area contributed by atoms with E-state index in [1.54, 1.807) is 0 Å². The van der Waals surface area contributed by atoms with Gasteiger partial charge in [0.1, 0.15) is 12.4 Å². The van der Waals surface area contributed by atoms with Crippen LogP contribution in [-0.4, -0.2) is 18.1 Å². The molecule has 0 aliphatic rings. The highest BCUT2D eigenvalue weighted by molar-refractivity contribution is 5.47. The number of halogens is 2. The normalized spacial score (nSPS) is 10.1. The van der Waals surface area contributed by atoms with Gasteiger partial charge in [-0.25, -0.2) is 4.39 Å². The molecule has 0 amide bonds. The lowest BCUT2D eigenvalue weighted by molar-refractivity contribution is -0.388. The van der Waals surface area contributed by atoms with E-state index in [1.807, 2.05) is 0 Å². The van der Waals surface area contributed by atoms with Gasteiger partial charge in [0.25, 0.3) is 0 Å². The maximum Gasteiger partial charge on any atom is 0.346 e. The maximum absolute atomic E-state index is 13.0. The Balaban J connectivity index is 3.14. The van der Waals surface area contributed by atoms with Crippen molar-refractivity contribution >= 4 is 5.69 Å². The maximum atomic E-state index is 13.0. The average Bonchev–Trinajstić information content (AvgIpc) is 2.12. The number of nitro benzene ring substituents is 1. The summed E-state index contributed by atoms with van der Waals surface area (Å²) in [6.45, 7) is 0.0407. The van der Waals surface area contributed by atoms with E-state index < -0.39 is 28.0 Å². The van der Waals surface area contributed by atoms with E-state index in [0.717, 1.165) is 6.07 Å². The first-order valence-corrected chi connectivity index (χ1v) is 4.02. The molecule has 0 aliphatic carbocycles. The Bertz CT molecular complexity index is 384. The Morgan fingerprint density at radius 3 is 2.67 bits per heavy atom. The number of nitrogens with two attached hydrogens (primary N) is 1. The predicted octanol–water partition coefficient (Wildman–Crippen LogP) is 1.21. The third kappa shape index (κ3) is 2.59. The Morgan fingerprint density at radius 2 is 2.13 bits per heavy atom. The zero-order chi connectivity index (χ0) is 11.4. The largest absolute Gasteiger partial charge is 0.485 e. The van der Waals surface area contributed by atoms with E-state index in [1.165, 1.54) is 0 Å². The first-order chi connectivity index (χ1) is 7.06. The molecule has 0 fully saturated rings. The van der Waals surface area contributed by atoms with E-state index in [-0.39, 0.29) is 13.2 Å². The summed E-state index contributed by atoms with van der Waals surface area (Å²) in [4.78, 5) is 9.48. The Kier molecular flexibility index (Phi) is 3.51. The molecular formula is C8H8F2N2O3. The van der Waals surface area contributed by atoms with Crippen LogP contribution in [0.5, 0.6) is 5.75 Å². The van der Waals surface area contributed by atoms with Crippen molar-refractivity contribution in [2.45, 2.75) is 0 Å². The number of rotatable bonds is 4. The summed E-state index contributed by atoms with van der Waals surface area (Å²) >= 11 is 0. The van der Waals surface area contributed by atoms with Crippen LogP contribution in [0.4, 0.5) is 14.5 Å². The molecule has 0 atom stereocenters. The number of hydrogen-bond acceptors (Lipinski definition) is 4. The van der Waals surface area contributed by atoms with Crippen LogP contribution >= 0.6 is 0 Å². The molecule has 0 saturated carbocycles. The van der Waals surface area contributed by atoms with Gasteiger partial charge in [-0.1, -0.05) is 0 Å². The molecule has 0 radical (unpaired) electrons. The van der Waals surface area contributed by atoms with E-state index in [2.05, 4.69) is 0 Å². The van der Waals surface area contributed by atoms with Crippen LogP contribution in [0.15, 0.2) is 12.1 Å². The van der Waals surface area contributed by atoms with Crippen molar-refractivity contribution in [1.29, 1.82) is 0 Å². The van der Waals surface area contributed by atoms with Crippen molar-refractivity contribution in [3.05, 3.63) is 33.9 Å². The fraction of sp³-hybridized carbons (Fsp3) is 0.250. The van der Waals surface area contributed by atoms with E-state index >= 15 is 0 Å². The molecule has 1 aromatic rings. The summed E-state index contributed by atoms with van der Waals surface area (Å²) < 4.78 is 30.5. The molecule has 1 rings (SSSR count). The highest BCUT2D eigenvalue weighted by atomic mass is 19.1. The molecule has 0 aliphatic heterocycles. The van der Waals surface area contributed by atoms with Gasteiger partial charge in [-0.05, 0) is 0 Å². The minimum absolute atomic E-state index is 0.0519. The predicted molar refractivity (Wildman–Crippen MR) is 47.6 cm³/mol. The minimum Gasteiger partial charge on any atom is -0.485 e. The van der Waals surface area contributed by atoms with Gasteiger partial charge in [0.05, 0.1) is 4.92 Å². The molecule has 0 unspecified atom stereocenters. The lowest BCUT2D eigenvalue weighted by atomic mass is 10.2. The molecule has 1 aromatic carbocycles. The van der Waals surface area contributed by atoms with Gasteiger partial charge in [-0.3, -0.25) is 10.1 Å². The van der Waals surface area contributed by atoms with Gasteiger partial charge in [0.2, 0.25) is 11.6 Å². The molecular weight excluding hydrogens is 210 g/mol. The van der Waals surface area contributed by atoms with Crippen LogP contribution in [0.3, 0.4) is 0 Å². The molecule has 0 bridgehead atoms. The lowest BCUT2D eigenvalue weighted by Gasteiger charge is -2.05. The second kappa shape index (κ2) is 4.65. The minimum atomic E-state index is -1.27. The molecule has 0 spiro atoms. The number of ether oxygens (including phenoxy) is 1. The molecule has 7 heteroatoms. The summed E-state index contributed by atoms with van der Waals surface area (Å²) in [6, 6.07) is 1.17. The van der Waals surface area contributed by atoms with Crippen molar-refractivity contribution in [2.75, 3.05) is 13.2 Å². The highest BCUT2D eigenvalue weighted by Gasteiger charge is 2.23. The molecule has 5 nitrogen and oxygen atoms in total. The first kappa shape index (κ1) is 11.3. The topological polar surface area (TPSA) is 78.4 Å². The van der Waals surface area contributed by atoms with Gasteiger partial charge < -0.3 is 10.5 Å². The van der Waals surface area contributed by atoms with Gasteiger partial charge in [0, 0.05) is 18.7 Å². The first-order valence-electron chi connectivity index (χ1n) is 4.02. The van der Waals surface area contributed by atoms with E-state index in [0.29, 0.717) is 6.07 Å². The number of nitrogens with zero attached hydrogens (tertiary/aromatic N) is 1. The molecule has 0 aromatic heterocycles. The molecule has 2 N–H and O–H groups in total. The summed E-state index contributed by atoms with van der Waals surface area (Å²) in [5, 5.41) is 10.4. The van der Waals surface area contributed by atoms with Crippen LogP contribution in [0, 0.1) is 21.7 Å². The molecule has 82 valence electrons. The van der Waals surface area contributed by atoms with Crippen LogP contribution in [0.1, 0.15) is 0 Å². The smallest absolute Gasteiger partial charge is 0.346 e. The van der Waals surface area contributed by atoms with Crippen molar-refractivity contribution in [1.82, 2.24) is 0 Å². The standard InChI is InChI=1S/C8H8F2N2O3/c9-5-3-6(10)8(12(13)14)7(4-5)15-2-1-11/h3-4H,1-2,11H2. The number of benzene rings is 1. The zero-order valence-corrected chi connectivity index (χ0v) is 7.57. The second-order valence-corrected chi connectivity index (χ2v) is 2.63. The van der Waals surface area contributed by atoms with Crippen LogP contribution < -0.4 is 10.5 Å². The lowest BCUT2D eigenvalue weighted by Crippen LogP contribution is -2.12. The van der Waals surface area contributed by atoms with E-state index in [9.17, 15) is 18.9 Å². The second-order valence-electron chi connectivity index (χ2n) is 2.63. The summed E-state index contributed by atoms with van der Waals surface area (Å²) in [5.74, 6) is -2.67. The van der Waals surface area contributed by atoms with Gasteiger partial charge in [0.15, 0.2) is 0 Å². The Morgan fingerprint density at radius 1 is 1.47 bits per heavy atom. The Labute approximate surface area is 83.6 Å². The fourth-order valence-corrected chi connectivity index (χ4v) is 0.998. The summed E-state index contributed by atoms with van der Waals surface area (Å²) in [5.41, 5.74) is 4.21. The molecule has 0 heterocycles. The van der Waals surface area contributed by atoms with Gasteiger partial charge >= 0.3 is 5.69 Å². The van der Waals surface area contributed by atoms with E-state index in [4.69, 9.17) is 10.5 Å². The zero-order valence-electron chi connectivity index (χ0n) is 7.57. The quantitative estimate of drug-likeness (QED) is 0.608. The van der Waals surface area contributed by atoms with Crippen molar-refractivity contribution in [2.24, 2.45) is 5.73 Å². The number of nitro groups is 1. The summed E-state index contributed by atoms with van der Waals surface area (Å²) in [6.07, 6.45) is 0. The Hall–Kier alpha value is -1.76. The van der Waals surface area contributed by atoms with Crippen molar-refractivity contribution < 1.29 is 18.4 Å². The van der Waals surface area contributed by atoms with Crippen molar-refractivity contribution in [3.8, 4) is 5.75 Å². The van der Waals surface area contributed by atoms with Crippen LogP contribution in [-0.2, 0) is 0 Å². The monoisotopic (exact) mass is 218 g/mol. The molecule has 0 saturated heterocycles. The van der Waals surface area contributed by atoms with Crippen molar-refractivity contribution in [3.63, 3.8) is 0 Å². The number of hydrogen-bond donors (Lipinski definition) is 1.